The Morgan fingerprint density at radius 3 is 2.12 bits per heavy atom. The van der Waals surface area contributed by atoms with Gasteiger partial charge in [0, 0.05) is 31.2 Å². The maximum atomic E-state index is 10.1. The number of hydrogen-bond donors (Lipinski definition) is 1. The van der Waals surface area contributed by atoms with E-state index in [0.29, 0.717) is 18.1 Å². The Kier molecular flexibility index (Phi) is 3.88. The Morgan fingerprint density at radius 1 is 1.00 bits per heavy atom. The highest BCUT2D eigenvalue weighted by Crippen LogP contribution is 2.26. The maximum absolute atomic E-state index is 10.1. The van der Waals surface area contributed by atoms with E-state index in [1.807, 2.05) is 0 Å². The lowest BCUT2D eigenvalue weighted by atomic mass is 9.90. The van der Waals surface area contributed by atoms with Crippen molar-refractivity contribution in [2.45, 2.75) is 63.8 Å². The molecule has 1 saturated carbocycles. The normalized spacial score (nSPS) is 43.5. The van der Waals surface area contributed by atoms with Crippen LogP contribution in [0.1, 0.15) is 39.5 Å². The molecule has 94 valence electrons. The van der Waals surface area contributed by atoms with E-state index >= 15 is 0 Å². The lowest BCUT2D eigenvalue weighted by molar-refractivity contribution is -0.0300. The third-order valence-electron chi connectivity index (χ3n) is 4.55. The third-order valence-corrected chi connectivity index (χ3v) is 4.55. The molecule has 0 bridgehead atoms. The first-order valence-corrected chi connectivity index (χ1v) is 6.73. The summed E-state index contributed by atoms with van der Waals surface area (Å²) in [6.07, 6.45) is 4.59. The summed E-state index contributed by atoms with van der Waals surface area (Å²) in [4.78, 5) is 4.98. The molecular weight excluding hydrogens is 200 g/mol. The van der Waals surface area contributed by atoms with Crippen LogP contribution in [0.2, 0.25) is 0 Å². The van der Waals surface area contributed by atoms with Gasteiger partial charge in [0.25, 0.3) is 0 Å². The van der Waals surface area contributed by atoms with Crippen molar-refractivity contribution in [3.8, 4) is 0 Å². The molecule has 2 fully saturated rings. The summed E-state index contributed by atoms with van der Waals surface area (Å²) in [5, 5.41) is 10.1. The zero-order chi connectivity index (χ0) is 11.7. The zero-order valence-corrected chi connectivity index (χ0v) is 10.9. The predicted molar refractivity (Wildman–Crippen MR) is 66.5 cm³/mol. The summed E-state index contributed by atoms with van der Waals surface area (Å²) >= 11 is 0. The number of rotatable bonds is 1. The molecule has 1 N–H and O–H groups in total. The summed E-state index contributed by atoms with van der Waals surface area (Å²) in [7, 11) is 2.21. The van der Waals surface area contributed by atoms with Crippen molar-refractivity contribution in [2.75, 3.05) is 20.1 Å². The van der Waals surface area contributed by atoms with Gasteiger partial charge in [0.15, 0.2) is 0 Å². The molecule has 0 aromatic heterocycles. The fourth-order valence-corrected chi connectivity index (χ4v) is 3.23. The summed E-state index contributed by atoms with van der Waals surface area (Å²) in [6.45, 7) is 6.81. The van der Waals surface area contributed by atoms with E-state index in [1.54, 1.807) is 0 Å². The molecule has 1 heterocycles. The van der Waals surface area contributed by atoms with E-state index in [4.69, 9.17) is 0 Å². The van der Waals surface area contributed by atoms with Gasteiger partial charge in [-0.2, -0.15) is 0 Å². The van der Waals surface area contributed by atoms with Crippen LogP contribution in [0.15, 0.2) is 0 Å². The Hall–Kier alpha value is -0.120. The van der Waals surface area contributed by atoms with E-state index in [9.17, 15) is 5.11 Å². The predicted octanol–water partition coefficient (Wildman–Crippen LogP) is 1.31. The van der Waals surface area contributed by atoms with Gasteiger partial charge in [-0.05, 0) is 33.7 Å². The number of aliphatic hydroxyl groups excluding tert-OH is 1. The topological polar surface area (TPSA) is 26.7 Å². The number of nitrogens with zero attached hydrogens (tertiary/aromatic N) is 2. The number of aliphatic hydroxyl groups is 1. The summed E-state index contributed by atoms with van der Waals surface area (Å²) < 4.78 is 0. The highest BCUT2D eigenvalue weighted by atomic mass is 16.3. The second-order valence-corrected chi connectivity index (χ2v) is 5.74. The van der Waals surface area contributed by atoms with Crippen LogP contribution in [0, 0.1) is 0 Å². The molecular formula is C13H26N2O. The third kappa shape index (κ3) is 2.41. The number of piperazine rings is 1. The Balaban J connectivity index is 1.98. The van der Waals surface area contributed by atoms with Gasteiger partial charge in [-0.25, -0.2) is 0 Å². The van der Waals surface area contributed by atoms with Gasteiger partial charge in [-0.3, -0.25) is 9.80 Å². The van der Waals surface area contributed by atoms with E-state index in [2.05, 4.69) is 30.7 Å². The van der Waals surface area contributed by atoms with E-state index < -0.39 is 0 Å². The molecule has 0 amide bonds. The molecule has 4 unspecified atom stereocenters. The molecule has 2 aliphatic rings. The van der Waals surface area contributed by atoms with Crippen LogP contribution >= 0.6 is 0 Å². The fourth-order valence-electron chi connectivity index (χ4n) is 3.23. The first-order valence-electron chi connectivity index (χ1n) is 6.73. The van der Waals surface area contributed by atoms with Crippen LogP contribution in [0.4, 0.5) is 0 Å². The smallest absolute Gasteiger partial charge is 0.0695 e. The maximum Gasteiger partial charge on any atom is 0.0695 e. The van der Waals surface area contributed by atoms with Crippen LogP contribution in [0.3, 0.4) is 0 Å². The minimum Gasteiger partial charge on any atom is -0.391 e. The molecule has 0 aromatic rings. The standard InChI is InChI=1S/C13H26N2O/c1-10-8-15(9-11(2)14(10)3)12-6-4-5-7-13(12)16/h10-13,16H,4-9H2,1-3H3. The van der Waals surface area contributed by atoms with Crippen molar-refractivity contribution in [3.63, 3.8) is 0 Å². The van der Waals surface area contributed by atoms with Gasteiger partial charge in [-0.15, -0.1) is 0 Å². The highest BCUT2D eigenvalue weighted by molar-refractivity contribution is 4.90. The molecule has 1 aliphatic heterocycles. The molecule has 1 saturated heterocycles. The molecule has 0 radical (unpaired) electrons. The number of hydrogen-bond acceptors (Lipinski definition) is 3. The molecule has 16 heavy (non-hydrogen) atoms. The summed E-state index contributed by atoms with van der Waals surface area (Å²) in [6, 6.07) is 1.64. The minimum absolute atomic E-state index is 0.0865. The largest absolute Gasteiger partial charge is 0.391 e. The van der Waals surface area contributed by atoms with Crippen LogP contribution < -0.4 is 0 Å². The van der Waals surface area contributed by atoms with Crippen LogP contribution in [0.25, 0.3) is 0 Å². The van der Waals surface area contributed by atoms with Crippen LogP contribution in [-0.4, -0.2) is 59.3 Å². The van der Waals surface area contributed by atoms with Crippen LogP contribution in [0.5, 0.6) is 0 Å². The van der Waals surface area contributed by atoms with Crippen molar-refractivity contribution in [3.05, 3.63) is 0 Å². The average Bonchev–Trinajstić information content (AvgIpc) is 2.26. The molecule has 3 nitrogen and oxygen atoms in total. The zero-order valence-electron chi connectivity index (χ0n) is 10.9. The van der Waals surface area contributed by atoms with Gasteiger partial charge in [0.1, 0.15) is 0 Å². The first-order chi connectivity index (χ1) is 7.59. The Labute approximate surface area is 99.4 Å². The molecule has 2 rings (SSSR count). The number of likely N-dealkylation sites (N-methyl/N-ethyl adjacent to an activating group) is 1. The monoisotopic (exact) mass is 226 g/mol. The quantitative estimate of drug-likeness (QED) is 0.730. The second kappa shape index (κ2) is 5.03. The first kappa shape index (κ1) is 12.3. The summed E-state index contributed by atoms with van der Waals surface area (Å²) in [5.74, 6) is 0. The van der Waals surface area contributed by atoms with Crippen molar-refractivity contribution < 1.29 is 5.11 Å². The minimum atomic E-state index is -0.0865. The lowest BCUT2D eigenvalue weighted by Crippen LogP contribution is -2.60. The van der Waals surface area contributed by atoms with Gasteiger partial charge in [-0.1, -0.05) is 12.8 Å². The van der Waals surface area contributed by atoms with Crippen molar-refractivity contribution in [1.82, 2.24) is 9.80 Å². The molecule has 0 spiro atoms. The second-order valence-electron chi connectivity index (χ2n) is 5.74. The molecule has 3 heteroatoms. The lowest BCUT2D eigenvalue weighted by Gasteiger charge is -2.47. The molecule has 0 aromatic carbocycles. The van der Waals surface area contributed by atoms with Gasteiger partial charge < -0.3 is 5.11 Å². The van der Waals surface area contributed by atoms with E-state index in [0.717, 1.165) is 19.5 Å². The summed E-state index contributed by atoms with van der Waals surface area (Å²) in [5.41, 5.74) is 0. The van der Waals surface area contributed by atoms with Crippen molar-refractivity contribution >= 4 is 0 Å². The highest BCUT2D eigenvalue weighted by Gasteiger charge is 2.34. The molecule has 4 atom stereocenters. The van der Waals surface area contributed by atoms with E-state index in [-0.39, 0.29) is 6.10 Å². The van der Waals surface area contributed by atoms with Gasteiger partial charge >= 0.3 is 0 Å². The SMILES string of the molecule is CC1CN(C2CCCCC2O)CC(C)N1C. The van der Waals surface area contributed by atoms with Gasteiger partial charge in [0.05, 0.1) is 6.10 Å². The average molecular weight is 226 g/mol. The van der Waals surface area contributed by atoms with E-state index in [1.165, 1.54) is 19.3 Å². The Morgan fingerprint density at radius 2 is 1.56 bits per heavy atom. The van der Waals surface area contributed by atoms with Crippen molar-refractivity contribution in [1.29, 1.82) is 0 Å². The van der Waals surface area contributed by atoms with Crippen LogP contribution in [-0.2, 0) is 0 Å². The van der Waals surface area contributed by atoms with Crippen molar-refractivity contribution in [2.24, 2.45) is 0 Å². The van der Waals surface area contributed by atoms with Gasteiger partial charge in [0.2, 0.25) is 0 Å². The fraction of sp³-hybridized carbons (Fsp3) is 1.00. The Bertz CT molecular complexity index is 222. The molecule has 1 aliphatic carbocycles.